The summed E-state index contributed by atoms with van der Waals surface area (Å²) in [4.78, 5) is 25.6. The van der Waals surface area contributed by atoms with Gasteiger partial charge in [-0.2, -0.15) is 0 Å². The molecule has 0 saturated carbocycles. The van der Waals surface area contributed by atoms with Crippen LogP contribution in [0.1, 0.15) is 52.6 Å². The van der Waals surface area contributed by atoms with Crippen LogP contribution in [-0.2, 0) is 0 Å². The third-order valence-corrected chi connectivity index (χ3v) is 6.43. The van der Waals surface area contributed by atoms with Crippen LogP contribution < -0.4 is 4.90 Å². The summed E-state index contributed by atoms with van der Waals surface area (Å²) in [6, 6.07) is 17.0. The molecule has 1 heterocycles. The summed E-state index contributed by atoms with van der Waals surface area (Å²) in [5.41, 5.74) is 4.36. The average Bonchev–Trinajstić information content (AvgIpc) is 2.87. The summed E-state index contributed by atoms with van der Waals surface area (Å²) in [7, 11) is 0. The molecular weight excluding hydrogens is 454 g/mol. The third kappa shape index (κ3) is 5.68. The van der Waals surface area contributed by atoms with Crippen molar-refractivity contribution in [1.82, 2.24) is 0 Å². The van der Waals surface area contributed by atoms with Crippen molar-refractivity contribution >= 4 is 41.4 Å². The highest BCUT2D eigenvalue weighted by atomic mass is 16.6. The molecule has 7 heteroatoms. The van der Waals surface area contributed by atoms with Gasteiger partial charge in [0, 0.05) is 24.7 Å². The molecule has 0 N–H and O–H groups in total. The molecule has 1 aliphatic heterocycles. The maximum Gasteiger partial charge on any atom is 0.307 e. The number of nitro groups is 2. The first-order valence-electron chi connectivity index (χ1n) is 12.1. The quantitative estimate of drug-likeness (QED) is 0.198. The number of anilines is 1. The zero-order chi connectivity index (χ0) is 25.7. The zero-order valence-electron chi connectivity index (χ0n) is 20.5. The lowest BCUT2D eigenvalue weighted by Crippen LogP contribution is -2.31. The van der Waals surface area contributed by atoms with E-state index >= 15 is 0 Å². The first-order valence-corrected chi connectivity index (χ1v) is 12.1. The number of nitro benzene ring substituents is 2. The van der Waals surface area contributed by atoms with E-state index in [9.17, 15) is 20.2 Å². The Kier molecular flexibility index (Phi) is 7.59. The molecule has 0 spiro atoms. The average molecular weight is 484 g/mol. The van der Waals surface area contributed by atoms with E-state index in [4.69, 9.17) is 0 Å². The van der Waals surface area contributed by atoms with E-state index in [1.807, 2.05) is 73.4 Å². The van der Waals surface area contributed by atoms with Crippen molar-refractivity contribution < 1.29 is 9.85 Å². The smallest absolute Gasteiger partial charge is 0.307 e. The van der Waals surface area contributed by atoms with Crippen molar-refractivity contribution in [1.29, 1.82) is 0 Å². The Hall–Kier alpha value is -4.26. The van der Waals surface area contributed by atoms with Gasteiger partial charge in [0.15, 0.2) is 0 Å². The molecule has 1 fully saturated rings. The molecular formula is C29H29N3O4. The molecule has 0 bridgehead atoms. The van der Waals surface area contributed by atoms with Gasteiger partial charge in [-0.1, -0.05) is 77.9 Å². The molecule has 4 rings (SSSR count). The van der Waals surface area contributed by atoms with Crippen LogP contribution in [0.15, 0.2) is 54.6 Å². The highest BCUT2D eigenvalue weighted by molar-refractivity contribution is 5.92. The van der Waals surface area contributed by atoms with Gasteiger partial charge in [0.25, 0.3) is 5.69 Å². The van der Waals surface area contributed by atoms with Gasteiger partial charge in [0.1, 0.15) is 11.3 Å². The summed E-state index contributed by atoms with van der Waals surface area (Å²) in [5, 5.41) is 24.6. The minimum Gasteiger partial charge on any atom is -0.365 e. The standard InChI is InChI=1S/C29H29N3O4/c1-21-6-10-23(11-7-21)14-16-25-20-27(31(33)34)26(17-15-24-12-8-22(2)9-13-24)29(32(35)36)28(25)30-18-4-3-5-19-30/h6-17,20H,3-5,18-19H2,1-2H3/b16-14+,17-15+. The molecule has 36 heavy (non-hydrogen) atoms. The van der Waals surface area contributed by atoms with Crippen LogP contribution in [0.5, 0.6) is 0 Å². The number of benzene rings is 3. The van der Waals surface area contributed by atoms with Crippen LogP contribution in [0.2, 0.25) is 0 Å². The van der Waals surface area contributed by atoms with E-state index < -0.39 is 9.85 Å². The number of aryl methyl sites for hydroxylation is 2. The molecule has 3 aromatic rings. The summed E-state index contributed by atoms with van der Waals surface area (Å²) >= 11 is 0. The summed E-state index contributed by atoms with van der Waals surface area (Å²) < 4.78 is 0. The summed E-state index contributed by atoms with van der Waals surface area (Å²) in [6.07, 6.45) is 9.69. The van der Waals surface area contributed by atoms with Crippen molar-refractivity contribution in [3.63, 3.8) is 0 Å². The fraction of sp³-hybridized carbons (Fsp3) is 0.241. The summed E-state index contributed by atoms with van der Waals surface area (Å²) in [6.45, 7) is 5.31. The van der Waals surface area contributed by atoms with Crippen molar-refractivity contribution in [3.05, 3.63) is 108 Å². The Balaban J connectivity index is 1.91. The lowest BCUT2D eigenvalue weighted by atomic mass is 9.98. The Bertz CT molecular complexity index is 1320. The van der Waals surface area contributed by atoms with Gasteiger partial charge in [0.05, 0.1) is 9.85 Å². The minimum atomic E-state index is -0.537. The largest absolute Gasteiger partial charge is 0.365 e. The molecule has 0 aromatic heterocycles. The molecule has 0 atom stereocenters. The molecule has 184 valence electrons. The van der Waals surface area contributed by atoms with Gasteiger partial charge in [-0.05, 0) is 50.3 Å². The number of hydrogen-bond donors (Lipinski definition) is 0. The second-order valence-corrected chi connectivity index (χ2v) is 9.15. The van der Waals surface area contributed by atoms with E-state index in [-0.39, 0.29) is 16.9 Å². The second kappa shape index (κ2) is 11.0. The minimum absolute atomic E-state index is 0.0126. The fourth-order valence-electron chi connectivity index (χ4n) is 4.48. The SMILES string of the molecule is Cc1ccc(/C=C/c2cc([N+](=O)[O-])c(/C=C/c3ccc(C)cc3)c([N+](=O)[O-])c2N2CCCCC2)cc1. The molecule has 3 aromatic carbocycles. The Morgan fingerprint density at radius 2 is 1.25 bits per heavy atom. The highest BCUT2D eigenvalue weighted by Gasteiger charge is 2.33. The lowest BCUT2D eigenvalue weighted by molar-refractivity contribution is -0.394. The first kappa shape index (κ1) is 24.9. The third-order valence-electron chi connectivity index (χ3n) is 6.43. The molecule has 1 aliphatic rings. The maximum atomic E-state index is 12.5. The molecule has 7 nitrogen and oxygen atoms in total. The van der Waals surface area contributed by atoms with Crippen molar-refractivity contribution in [2.75, 3.05) is 18.0 Å². The maximum absolute atomic E-state index is 12.5. The Morgan fingerprint density at radius 1 is 0.722 bits per heavy atom. The fourth-order valence-corrected chi connectivity index (χ4v) is 4.48. The van der Waals surface area contributed by atoms with Gasteiger partial charge in [-0.25, -0.2) is 0 Å². The van der Waals surface area contributed by atoms with E-state index in [1.54, 1.807) is 12.2 Å². The number of rotatable bonds is 7. The van der Waals surface area contributed by atoms with Crippen molar-refractivity contribution in [2.45, 2.75) is 33.1 Å². The second-order valence-electron chi connectivity index (χ2n) is 9.15. The van der Waals surface area contributed by atoms with Gasteiger partial charge >= 0.3 is 5.69 Å². The zero-order valence-corrected chi connectivity index (χ0v) is 20.5. The van der Waals surface area contributed by atoms with Gasteiger partial charge < -0.3 is 4.90 Å². The normalized spacial score (nSPS) is 14.0. The number of hydrogen-bond acceptors (Lipinski definition) is 5. The monoisotopic (exact) mass is 483 g/mol. The van der Waals surface area contributed by atoms with Crippen LogP contribution >= 0.6 is 0 Å². The highest BCUT2D eigenvalue weighted by Crippen LogP contribution is 2.43. The topological polar surface area (TPSA) is 89.5 Å². The van der Waals surface area contributed by atoms with Crippen LogP contribution in [-0.4, -0.2) is 22.9 Å². The molecule has 1 saturated heterocycles. The van der Waals surface area contributed by atoms with Gasteiger partial charge in [-0.3, -0.25) is 20.2 Å². The van der Waals surface area contributed by atoms with E-state index in [0.717, 1.165) is 41.5 Å². The van der Waals surface area contributed by atoms with Crippen LogP contribution in [0.4, 0.5) is 17.1 Å². The van der Waals surface area contributed by atoms with Crippen molar-refractivity contribution in [2.24, 2.45) is 0 Å². The van der Waals surface area contributed by atoms with E-state index in [0.29, 0.717) is 24.3 Å². The van der Waals surface area contributed by atoms with Crippen molar-refractivity contribution in [3.8, 4) is 0 Å². The Labute approximate surface area is 210 Å². The number of nitrogens with zero attached hydrogens (tertiary/aromatic N) is 3. The van der Waals surface area contributed by atoms with Crippen LogP contribution in [0, 0.1) is 34.1 Å². The molecule has 0 aliphatic carbocycles. The molecule has 0 amide bonds. The van der Waals surface area contributed by atoms with E-state index in [1.165, 1.54) is 12.1 Å². The molecule has 0 radical (unpaired) electrons. The first-order chi connectivity index (χ1) is 17.3. The molecule has 0 unspecified atom stereocenters. The predicted octanol–water partition coefficient (Wildman–Crippen LogP) is 7.45. The Morgan fingerprint density at radius 3 is 1.75 bits per heavy atom. The van der Waals surface area contributed by atoms with Gasteiger partial charge in [0.2, 0.25) is 0 Å². The lowest BCUT2D eigenvalue weighted by Gasteiger charge is -2.30. The van der Waals surface area contributed by atoms with Crippen LogP contribution in [0.25, 0.3) is 24.3 Å². The predicted molar refractivity (Wildman–Crippen MR) is 146 cm³/mol. The van der Waals surface area contributed by atoms with E-state index in [2.05, 4.69) is 0 Å². The summed E-state index contributed by atoms with van der Waals surface area (Å²) in [5.74, 6) is 0. The van der Waals surface area contributed by atoms with Crippen LogP contribution in [0.3, 0.4) is 0 Å². The van der Waals surface area contributed by atoms with Gasteiger partial charge in [-0.15, -0.1) is 0 Å². The number of piperidine rings is 1.